The molecule has 4 rings (SSSR count). The number of para-hydroxylation sites is 1. The molecule has 3 heterocycles. The molecule has 6 nitrogen and oxygen atoms in total. The van der Waals surface area contributed by atoms with E-state index in [0.717, 1.165) is 22.4 Å². The number of phenols is 1. The molecule has 1 saturated heterocycles. The molecular formula is C23H25NO5S. The third-order valence-corrected chi connectivity index (χ3v) is 7.62. The molecular weight excluding hydrogens is 402 g/mol. The number of hydrogen-bond donors (Lipinski definition) is 1. The number of nitrogens with zero attached hydrogens (tertiary/aromatic N) is 1. The average Bonchev–Trinajstić information content (AvgIpc) is 3.27. The summed E-state index contributed by atoms with van der Waals surface area (Å²) in [7, 11) is -1.64. The van der Waals surface area contributed by atoms with Crippen LogP contribution in [0.5, 0.6) is 5.75 Å². The highest BCUT2D eigenvalue weighted by Crippen LogP contribution is 2.39. The maximum absolute atomic E-state index is 12.5. The van der Waals surface area contributed by atoms with Crippen LogP contribution in [0.15, 0.2) is 59.8 Å². The first-order valence-corrected chi connectivity index (χ1v) is 11.6. The molecule has 0 saturated carbocycles. The molecule has 2 atom stereocenters. The second-order valence-corrected chi connectivity index (χ2v) is 9.78. The van der Waals surface area contributed by atoms with Crippen LogP contribution in [0.4, 0.5) is 0 Å². The predicted molar refractivity (Wildman–Crippen MR) is 116 cm³/mol. The zero-order chi connectivity index (χ0) is 21.1. The SMILES string of the molecule is COCC1=C2[C@@H](CC/C(=C/c3ccccc3O)c3ccccn3)OC[C@@H]2S(=O)(=O)C1. The predicted octanol–water partition coefficient (Wildman–Crippen LogP) is 3.25. The van der Waals surface area contributed by atoms with Gasteiger partial charge in [0.15, 0.2) is 9.84 Å². The Labute approximate surface area is 176 Å². The van der Waals surface area contributed by atoms with Crippen LogP contribution in [0, 0.1) is 0 Å². The number of pyridine rings is 1. The van der Waals surface area contributed by atoms with Gasteiger partial charge in [-0.2, -0.15) is 0 Å². The largest absolute Gasteiger partial charge is 0.507 e. The van der Waals surface area contributed by atoms with Crippen LogP contribution in [0.3, 0.4) is 0 Å². The van der Waals surface area contributed by atoms with E-state index in [-0.39, 0.29) is 24.2 Å². The number of benzene rings is 1. The summed E-state index contributed by atoms with van der Waals surface area (Å²) < 4.78 is 36.1. The highest BCUT2D eigenvalue weighted by Gasteiger charge is 2.46. The summed E-state index contributed by atoms with van der Waals surface area (Å²) in [4.78, 5) is 4.47. The molecule has 0 bridgehead atoms. The molecule has 1 N–H and O–H groups in total. The van der Waals surface area contributed by atoms with Crippen molar-refractivity contribution in [1.29, 1.82) is 0 Å². The number of sulfone groups is 1. The van der Waals surface area contributed by atoms with E-state index in [4.69, 9.17) is 9.47 Å². The number of phenolic OH excluding ortho intramolecular Hbond substituents is 1. The summed E-state index contributed by atoms with van der Waals surface area (Å²) in [5, 5.41) is 9.63. The number of fused-ring (bicyclic) bond motifs is 1. The molecule has 0 radical (unpaired) electrons. The van der Waals surface area contributed by atoms with Crippen LogP contribution in [-0.2, 0) is 19.3 Å². The van der Waals surface area contributed by atoms with Crippen molar-refractivity contribution in [3.63, 3.8) is 0 Å². The Morgan fingerprint density at radius 1 is 1.27 bits per heavy atom. The van der Waals surface area contributed by atoms with Crippen molar-refractivity contribution in [2.45, 2.75) is 24.2 Å². The maximum atomic E-state index is 12.5. The normalized spacial score (nSPS) is 23.0. The van der Waals surface area contributed by atoms with Gasteiger partial charge in [-0.1, -0.05) is 24.3 Å². The molecule has 0 spiro atoms. The number of rotatable bonds is 7. The first-order valence-electron chi connectivity index (χ1n) is 9.93. The molecule has 0 amide bonds. The van der Waals surface area contributed by atoms with Crippen molar-refractivity contribution in [2.24, 2.45) is 0 Å². The molecule has 30 heavy (non-hydrogen) atoms. The van der Waals surface area contributed by atoms with E-state index in [1.165, 1.54) is 0 Å². The van der Waals surface area contributed by atoms with Gasteiger partial charge < -0.3 is 14.6 Å². The number of hydrogen-bond acceptors (Lipinski definition) is 6. The molecule has 1 aromatic carbocycles. The first-order chi connectivity index (χ1) is 14.5. The molecule has 2 aromatic rings. The number of aromatic hydroxyl groups is 1. The molecule has 1 fully saturated rings. The minimum Gasteiger partial charge on any atom is -0.507 e. The third-order valence-electron chi connectivity index (χ3n) is 5.61. The Kier molecular flexibility index (Phi) is 6.04. The van der Waals surface area contributed by atoms with E-state index in [9.17, 15) is 13.5 Å². The van der Waals surface area contributed by atoms with E-state index >= 15 is 0 Å². The van der Waals surface area contributed by atoms with E-state index in [0.29, 0.717) is 25.0 Å². The van der Waals surface area contributed by atoms with E-state index in [1.807, 2.05) is 36.4 Å². The third kappa shape index (κ3) is 4.19. The Morgan fingerprint density at radius 3 is 2.80 bits per heavy atom. The standard InChI is InChI=1S/C23H25NO5S/c1-28-13-18-15-30(26,27)22-14-29-21(23(18)22)10-9-16(19-7-4-5-11-24-19)12-17-6-2-3-8-20(17)25/h2-8,11-12,21-22,25H,9-10,13-15H2,1H3/b16-12-/t21-,22+/m1/s1. The Balaban J connectivity index is 1.61. The smallest absolute Gasteiger partial charge is 0.163 e. The van der Waals surface area contributed by atoms with Gasteiger partial charge in [-0.05, 0) is 53.8 Å². The van der Waals surface area contributed by atoms with Crippen molar-refractivity contribution >= 4 is 21.5 Å². The molecule has 0 aliphatic carbocycles. The lowest BCUT2D eigenvalue weighted by molar-refractivity contribution is 0.118. The van der Waals surface area contributed by atoms with Crippen LogP contribution >= 0.6 is 0 Å². The molecule has 7 heteroatoms. The van der Waals surface area contributed by atoms with Crippen molar-refractivity contribution in [1.82, 2.24) is 4.98 Å². The fraction of sp³-hybridized carbons (Fsp3) is 0.348. The fourth-order valence-corrected chi connectivity index (χ4v) is 6.15. The van der Waals surface area contributed by atoms with Gasteiger partial charge in [0.1, 0.15) is 11.0 Å². The minimum absolute atomic E-state index is 0.0571. The van der Waals surface area contributed by atoms with Gasteiger partial charge in [-0.25, -0.2) is 8.42 Å². The van der Waals surface area contributed by atoms with E-state index in [1.54, 1.807) is 25.4 Å². The summed E-state index contributed by atoms with van der Waals surface area (Å²) in [6.45, 7) is 0.517. The molecule has 1 aromatic heterocycles. The van der Waals surface area contributed by atoms with Crippen LogP contribution in [0.25, 0.3) is 11.6 Å². The van der Waals surface area contributed by atoms with Crippen LogP contribution < -0.4 is 0 Å². The lowest BCUT2D eigenvalue weighted by Crippen LogP contribution is -2.19. The number of allylic oxidation sites excluding steroid dienone is 1. The second-order valence-electron chi connectivity index (χ2n) is 7.59. The number of methoxy groups -OCH3 is 1. The van der Waals surface area contributed by atoms with Crippen molar-refractivity contribution < 1.29 is 23.0 Å². The van der Waals surface area contributed by atoms with Gasteiger partial charge in [0.2, 0.25) is 0 Å². The summed E-state index contributed by atoms with van der Waals surface area (Å²) in [6.07, 6.45) is 4.67. The monoisotopic (exact) mass is 427 g/mol. The summed E-state index contributed by atoms with van der Waals surface area (Å²) in [5.41, 5.74) is 4.19. The van der Waals surface area contributed by atoms with Crippen molar-refractivity contribution in [3.8, 4) is 5.75 Å². The first kappa shape index (κ1) is 20.8. The Bertz CT molecular complexity index is 1080. The lowest BCUT2D eigenvalue weighted by Gasteiger charge is -2.15. The quantitative estimate of drug-likeness (QED) is 0.683. The zero-order valence-corrected chi connectivity index (χ0v) is 17.6. The van der Waals surface area contributed by atoms with Gasteiger partial charge in [-0.3, -0.25) is 4.98 Å². The van der Waals surface area contributed by atoms with Gasteiger partial charge in [-0.15, -0.1) is 0 Å². The van der Waals surface area contributed by atoms with Crippen LogP contribution in [0.2, 0.25) is 0 Å². The second kappa shape index (κ2) is 8.71. The summed E-state index contributed by atoms with van der Waals surface area (Å²) in [5.74, 6) is 0.261. The lowest BCUT2D eigenvalue weighted by atomic mass is 9.95. The van der Waals surface area contributed by atoms with E-state index in [2.05, 4.69) is 4.98 Å². The summed E-state index contributed by atoms with van der Waals surface area (Å²) >= 11 is 0. The summed E-state index contributed by atoms with van der Waals surface area (Å²) in [6, 6.07) is 12.9. The van der Waals surface area contributed by atoms with Crippen LogP contribution in [0.1, 0.15) is 24.1 Å². The molecule has 158 valence electrons. The van der Waals surface area contributed by atoms with Gasteiger partial charge in [0.25, 0.3) is 0 Å². The van der Waals surface area contributed by atoms with Gasteiger partial charge in [0.05, 0.1) is 30.8 Å². The van der Waals surface area contributed by atoms with Gasteiger partial charge in [0, 0.05) is 18.9 Å². The van der Waals surface area contributed by atoms with Crippen LogP contribution in [-0.4, -0.2) is 55.9 Å². The highest BCUT2D eigenvalue weighted by molar-refractivity contribution is 7.92. The molecule has 2 aliphatic rings. The van der Waals surface area contributed by atoms with Gasteiger partial charge >= 0.3 is 0 Å². The van der Waals surface area contributed by atoms with Crippen molar-refractivity contribution in [3.05, 3.63) is 71.1 Å². The van der Waals surface area contributed by atoms with E-state index < -0.39 is 15.1 Å². The highest BCUT2D eigenvalue weighted by atomic mass is 32.2. The maximum Gasteiger partial charge on any atom is 0.163 e. The Hall–Kier alpha value is -2.48. The minimum atomic E-state index is -3.21. The number of ether oxygens (including phenoxy) is 2. The van der Waals surface area contributed by atoms with Crippen molar-refractivity contribution in [2.75, 3.05) is 26.1 Å². The topological polar surface area (TPSA) is 85.7 Å². The molecule has 2 aliphatic heterocycles. The fourth-order valence-electron chi connectivity index (χ4n) is 4.22. The Morgan fingerprint density at radius 2 is 2.07 bits per heavy atom. The average molecular weight is 428 g/mol. The zero-order valence-electron chi connectivity index (χ0n) is 16.8. The molecule has 0 unspecified atom stereocenters. The number of aromatic nitrogens is 1.